The van der Waals surface area contributed by atoms with Crippen molar-refractivity contribution in [3.8, 4) is 11.5 Å². The number of aryl methyl sites for hydroxylation is 1. The van der Waals surface area contributed by atoms with Crippen molar-refractivity contribution in [1.82, 2.24) is 10.2 Å². The molecule has 1 aromatic heterocycles. The van der Waals surface area contributed by atoms with Crippen molar-refractivity contribution in [2.24, 2.45) is 0 Å². The molecule has 4 rings (SSSR count). The minimum absolute atomic E-state index is 0.156. The van der Waals surface area contributed by atoms with E-state index in [1.807, 2.05) is 54.8 Å². The van der Waals surface area contributed by atoms with E-state index in [1.54, 1.807) is 25.2 Å². The van der Waals surface area contributed by atoms with E-state index in [-0.39, 0.29) is 24.5 Å². The predicted molar refractivity (Wildman–Crippen MR) is 130 cm³/mol. The largest absolute Gasteiger partial charge is 0.493 e. The number of thiophene rings is 1. The highest BCUT2D eigenvalue weighted by atomic mass is 32.1. The van der Waals surface area contributed by atoms with Gasteiger partial charge in [0.25, 0.3) is 5.91 Å². The predicted octanol–water partition coefficient (Wildman–Crippen LogP) is 4.64. The maximum Gasteiger partial charge on any atom is 0.322 e. The van der Waals surface area contributed by atoms with Crippen LogP contribution in [0.2, 0.25) is 0 Å². The summed E-state index contributed by atoms with van der Waals surface area (Å²) in [6.07, 6.45) is 0.673. The number of fused-ring (bicyclic) bond motifs is 1. The van der Waals surface area contributed by atoms with Crippen molar-refractivity contribution in [2.75, 3.05) is 32.6 Å². The highest BCUT2D eigenvalue weighted by molar-refractivity contribution is 7.12. The zero-order valence-corrected chi connectivity index (χ0v) is 19.7. The van der Waals surface area contributed by atoms with Gasteiger partial charge in [-0.05, 0) is 65.7 Å². The van der Waals surface area contributed by atoms with E-state index >= 15 is 0 Å². The van der Waals surface area contributed by atoms with Crippen LogP contribution in [0.3, 0.4) is 0 Å². The minimum Gasteiger partial charge on any atom is -0.493 e. The molecule has 1 aliphatic rings. The van der Waals surface area contributed by atoms with Crippen molar-refractivity contribution in [2.45, 2.75) is 19.4 Å². The lowest BCUT2D eigenvalue weighted by molar-refractivity contribution is 0.0940. The molecule has 172 valence electrons. The smallest absolute Gasteiger partial charge is 0.322 e. The fourth-order valence-corrected chi connectivity index (χ4v) is 4.73. The van der Waals surface area contributed by atoms with Crippen molar-refractivity contribution in [3.05, 3.63) is 75.5 Å². The van der Waals surface area contributed by atoms with E-state index in [0.29, 0.717) is 29.3 Å². The van der Waals surface area contributed by atoms with Crippen LogP contribution in [0, 0.1) is 6.92 Å². The molecule has 0 aliphatic carbocycles. The monoisotopic (exact) mass is 465 g/mol. The molecule has 3 aromatic rings. The summed E-state index contributed by atoms with van der Waals surface area (Å²) in [6.45, 7) is 2.77. The molecule has 0 fully saturated rings. The molecule has 2 N–H and O–H groups in total. The summed E-state index contributed by atoms with van der Waals surface area (Å²) in [6, 6.07) is 14.6. The first-order valence-corrected chi connectivity index (χ1v) is 11.6. The number of rotatable bonds is 6. The SMILES string of the molecule is COc1cc2c(cc1OC)[C@H](CNC(=O)c1cccs1)N(C(=O)Nc1cccc(C)c1)CC2. The van der Waals surface area contributed by atoms with Gasteiger partial charge in [0.15, 0.2) is 11.5 Å². The summed E-state index contributed by atoms with van der Waals surface area (Å²) in [5.41, 5.74) is 3.81. The Balaban J connectivity index is 1.63. The lowest BCUT2D eigenvalue weighted by Crippen LogP contribution is -2.46. The second-order valence-electron chi connectivity index (χ2n) is 7.85. The Kier molecular flexibility index (Phi) is 6.84. The number of amides is 3. The minimum atomic E-state index is -0.359. The normalized spacial score (nSPS) is 14.9. The van der Waals surface area contributed by atoms with Gasteiger partial charge in [-0.3, -0.25) is 4.79 Å². The van der Waals surface area contributed by atoms with Gasteiger partial charge < -0.3 is 25.0 Å². The van der Waals surface area contributed by atoms with Crippen LogP contribution in [-0.2, 0) is 6.42 Å². The number of urea groups is 1. The third-order valence-electron chi connectivity index (χ3n) is 5.73. The highest BCUT2D eigenvalue weighted by Crippen LogP contribution is 2.38. The number of anilines is 1. The first kappa shape index (κ1) is 22.7. The lowest BCUT2D eigenvalue weighted by atomic mass is 9.91. The molecule has 0 saturated heterocycles. The molecule has 0 spiro atoms. The van der Waals surface area contributed by atoms with Crippen LogP contribution >= 0.6 is 11.3 Å². The van der Waals surface area contributed by atoms with E-state index in [2.05, 4.69) is 10.6 Å². The summed E-state index contributed by atoms with van der Waals surface area (Å²) in [5, 5.41) is 7.86. The van der Waals surface area contributed by atoms with Gasteiger partial charge in [0, 0.05) is 18.8 Å². The number of ether oxygens (including phenoxy) is 2. The maximum atomic E-state index is 13.3. The van der Waals surface area contributed by atoms with Gasteiger partial charge in [0.2, 0.25) is 0 Å². The Labute approximate surface area is 197 Å². The molecule has 8 heteroatoms. The number of hydrogen-bond acceptors (Lipinski definition) is 5. The third kappa shape index (κ3) is 4.96. The number of hydrogen-bond donors (Lipinski definition) is 2. The van der Waals surface area contributed by atoms with E-state index < -0.39 is 0 Å². The average molecular weight is 466 g/mol. The van der Waals surface area contributed by atoms with Crippen LogP contribution in [0.4, 0.5) is 10.5 Å². The second kappa shape index (κ2) is 9.95. The quantitative estimate of drug-likeness (QED) is 0.556. The number of carbonyl (C=O) groups is 2. The Hall–Kier alpha value is -3.52. The Morgan fingerprint density at radius 1 is 1.09 bits per heavy atom. The van der Waals surface area contributed by atoms with Crippen LogP contribution < -0.4 is 20.1 Å². The third-order valence-corrected chi connectivity index (χ3v) is 6.60. The van der Waals surface area contributed by atoms with E-state index in [0.717, 1.165) is 22.4 Å². The van der Waals surface area contributed by atoms with E-state index in [1.165, 1.54) is 11.3 Å². The van der Waals surface area contributed by atoms with Gasteiger partial charge in [0.05, 0.1) is 25.1 Å². The Bertz CT molecular complexity index is 1150. The molecule has 0 radical (unpaired) electrons. The van der Waals surface area contributed by atoms with Gasteiger partial charge in [-0.2, -0.15) is 0 Å². The van der Waals surface area contributed by atoms with Gasteiger partial charge in [-0.15, -0.1) is 11.3 Å². The average Bonchev–Trinajstić information content (AvgIpc) is 3.36. The fourth-order valence-electron chi connectivity index (χ4n) is 4.09. The molecule has 7 nitrogen and oxygen atoms in total. The number of carbonyl (C=O) groups excluding carboxylic acids is 2. The molecule has 0 saturated carbocycles. The molecule has 0 bridgehead atoms. The van der Waals surface area contributed by atoms with Gasteiger partial charge in [-0.25, -0.2) is 4.79 Å². The number of methoxy groups -OCH3 is 2. The van der Waals surface area contributed by atoms with E-state index in [9.17, 15) is 9.59 Å². The molecule has 2 aromatic carbocycles. The number of nitrogens with zero attached hydrogens (tertiary/aromatic N) is 1. The second-order valence-corrected chi connectivity index (χ2v) is 8.80. The van der Waals surface area contributed by atoms with Crippen molar-refractivity contribution >= 4 is 29.0 Å². The lowest BCUT2D eigenvalue weighted by Gasteiger charge is -2.37. The van der Waals surface area contributed by atoms with Crippen molar-refractivity contribution in [3.63, 3.8) is 0 Å². The molecule has 0 unspecified atom stereocenters. The van der Waals surface area contributed by atoms with Crippen LogP contribution in [0.5, 0.6) is 11.5 Å². The summed E-state index contributed by atoms with van der Waals surface area (Å²) in [5.74, 6) is 1.08. The summed E-state index contributed by atoms with van der Waals surface area (Å²) >= 11 is 1.38. The zero-order valence-electron chi connectivity index (χ0n) is 18.9. The highest BCUT2D eigenvalue weighted by Gasteiger charge is 2.32. The Morgan fingerprint density at radius 3 is 2.58 bits per heavy atom. The topological polar surface area (TPSA) is 79.9 Å². The Morgan fingerprint density at radius 2 is 1.88 bits per heavy atom. The fraction of sp³-hybridized carbons (Fsp3) is 0.280. The number of nitrogens with one attached hydrogen (secondary N) is 2. The van der Waals surface area contributed by atoms with Crippen molar-refractivity contribution < 1.29 is 19.1 Å². The summed E-state index contributed by atoms with van der Waals surface area (Å²) in [4.78, 5) is 28.3. The number of benzene rings is 2. The molecule has 1 aliphatic heterocycles. The molecular weight excluding hydrogens is 438 g/mol. The van der Waals surface area contributed by atoms with Crippen LogP contribution in [-0.4, -0.2) is 44.1 Å². The molecule has 2 heterocycles. The standard InChI is InChI=1S/C25H27N3O4S/c1-16-6-4-7-18(12-16)27-25(30)28-10-9-17-13-21(31-2)22(32-3)14-19(17)20(28)15-26-24(29)23-8-5-11-33-23/h4-8,11-14,20H,9-10,15H2,1-3H3,(H,26,29)(H,27,30)/t20-/m0/s1. The molecule has 3 amide bonds. The molecular formula is C25H27N3O4S. The van der Waals surface area contributed by atoms with Crippen molar-refractivity contribution in [1.29, 1.82) is 0 Å². The molecule has 1 atom stereocenters. The van der Waals surface area contributed by atoms with Gasteiger partial charge in [0.1, 0.15) is 0 Å². The van der Waals surface area contributed by atoms with Crippen LogP contribution in [0.1, 0.15) is 32.4 Å². The first-order valence-electron chi connectivity index (χ1n) is 10.7. The van der Waals surface area contributed by atoms with Gasteiger partial charge in [-0.1, -0.05) is 18.2 Å². The summed E-state index contributed by atoms with van der Waals surface area (Å²) in [7, 11) is 3.19. The zero-order chi connectivity index (χ0) is 23.4. The van der Waals surface area contributed by atoms with E-state index in [4.69, 9.17) is 9.47 Å². The van der Waals surface area contributed by atoms with Crippen LogP contribution in [0.15, 0.2) is 53.9 Å². The molecule has 33 heavy (non-hydrogen) atoms. The maximum absolute atomic E-state index is 13.3. The summed E-state index contributed by atoms with van der Waals surface area (Å²) < 4.78 is 11.0. The van der Waals surface area contributed by atoms with Crippen LogP contribution in [0.25, 0.3) is 0 Å². The van der Waals surface area contributed by atoms with Gasteiger partial charge >= 0.3 is 6.03 Å². The first-order chi connectivity index (χ1) is 16.0.